The molecule has 0 amide bonds. The molecule has 56 valence electrons. The highest BCUT2D eigenvalue weighted by Crippen LogP contribution is 2.11. The van der Waals surface area contributed by atoms with E-state index in [-0.39, 0.29) is 0 Å². The summed E-state index contributed by atoms with van der Waals surface area (Å²) in [7, 11) is 0. The van der Waals surface area contributed by atoms with Crippen molar-refractivity contribution in [3.8, 4) is 0 Å². The van der Waals surface area contributed by atoms with Gasteiger partial charge >= 0.3 is 0 Å². The maximum absolute atomic E-state index is 4.12. The summed E-state index contributed by atoms with van der Waals surface area (Å²) in [5, 5.41) is 0. The van der Waals surface area contributed by atoms with Crippen LogP contribution in [0.1, 0.15) is 11.3 Å². The van der Waals surface area contributed by atoms with Crippen molar-refractivity contribution in [2.24, 2.45) is 0 Å². The van der Waals surface area contributed by atoms with Crippen LogP contribution in [-0.4, -0.2) is 9.38 Å². The summed E-state index contributed by atoms with van der Waals surface area (Å²) in [5.74, 6) is 0. The first-order valence-corrected chi connectivity index (χ1v) is 3.67. The van der Waals surface area contributed by atoms with Gasteiger partial charge in [-0.05, 0) is 25.5 Å². The second kappa shape index (κ2) is 2.09. The van der Waals surface area contributed by atoms with Crippen LogP contribution in [-0.2, 0) is 0 Å². The summed E-state index contributed by atoms with van der Waals surface area (Å²) in [6.07, 6.45) is 5.83. The van der Waals surface area contributed by atoms with Gasteiger partial charge in [0.2, 0.25) is 0 Å². The molecule has 2 rings (SSSR count). The first-order chi connectivity index (χ1) is 5.29. The SMILES string of the molecule is Cc1ccn2c(C)cncc12. The lowest BCUT2D eigenvalue weighted by atomic mass is 10.3. The monoisotopic (exact) mass is 146 g/mol. The van der Waals surface area contributed by atoms with E-state index in [9.17, 15) is 0 Å². The van der Waals surface area contributed by atoms with Crippen molar-refractivity contribution >= 4 is 5.52 Å². The second-order valence-corrected chi connectivity index (χ2v) is 2.80. The number of hydrogen-bond acceptors (Lipinski definition) is 1. The maximum Gasteiger partial charge on any atom is 0.0665 e. The highest BCUT2D eigenvalue weighted by Gasteiger charge is 1.97. The van der Waals surface area contributed by atoms with Crippen LogP contribution in [0.2, 0.25) is 0 Å². The molecule has 11 heavy (non-hydrogen) atoms. The predicted octanol–water partition coefficient (Wildman–Crippen LogP) is 1.95. The zero-order chi connectivity index (χ0) is 7.84. The van der Waals surface area contributed by atoms with Crippen molar-refractivity contribution in [1.82, 2.24) is 9.38 Å². The molecule has 0 atom stereocenters. The standard InChI is InChI=1S/C9H10N2/c1-7-3-4-11-8(2)5-10-6-9(7)11/h3-6H,1-2H3. The molecule has 0 aliphatic carbocycles. The summed E-state index contributed by atoms with van der Waals surface area (Å²) in [6.45, 7) is 4.15. The molecular formula is C9H10N2. The fourth-order valence-electron chi connectivity index (χ4n) is 1.29. The average Bonchev–Trinajstić information content (AvgIpc) is 2.35. The van der Waals surface area contributed by atoms with Crippen molar-refractivity contribution in [3.63, 3.8) is 0 Å². The van der Waals surface area contributed by atoms with Gasteiger partial charge in [0.15, 0.2) is 0 Å². The molecule has 2 aromatic heterocycles. The zero-order valence-electron chi connectivity index (χ0n) is 6.70. The largest absolute Gasteiger partial charge is 0.318 e. The van der Waals surface area contributed by atoms with Gasteiger partial charge in [0.1, 0.15) is 0 Å². The Morgan fingerprint density at radius 3 is 2.82 bits per heavy atom. The number of fused-ring (bicyclic) bond motifs is 1. The van der Waals surface area contributed by atoms with E-state index < -0.39 is 0 Å². The molecule has 0 saturated carbocycles. The van der Waals surface area contributed by atoms with E-state index in [0.717, 1.165) is 0 Å². The van der Waals surface area contributed by atoms with Gasteiger partial charge in [0.05, 0.1) is 11.7 Å². The molecule has 0 N–H and O–H groups in total. The molecule has 0 aromatic carbocycles. The van der Waals surface area contributed by atoms with Crippen LogP contribution < -0.4 is 0 Å². The maximum atomic E-state index is 4.12. The lowest BCUT2D eigenvalue weighted by Crippen LogP contribution is -1.89. The Bertz CT molecular complexity index is 387. The number of aryl methyl sites for hydroxylation is 2. The lowest BCUT2D eigenvalue weighted by molar-refractivity contribution is 1.05. The van der Waals surface area contributed by atoms with Crippen molar-refractivity contribution in [1.29, 1.82) is 0 Å². The second-order valence-electron chi connectivity index (χ2n) is 2.80. The van der Waals surface area contributed by atoms with Crippen LogP contribution >= 0.6 is 0 Å². The van der Waals surface area contributed by atoms with Crippen molar-refractivity contribution < 1.29 is 0 Å². The van der Waals surface area contributed by atoms with Crippen LogP contribution in [0, 0.1) is 13.8 Å². The normalized spacial score (nSPS) is 10.7. The van der Waals surface area contributed by atoms with Gasteiger partial charge in [0, 0.05) is 18.1 Å². The van der Waals surface area contributed by atoms with Gasteiger partial charge in [-0.1, -0.05) is 0 Å². The number of hydrogen-bond donors (Lipinski definition) is 0. The average molecular weight is 146 g/mol. The van der Waals surface area contributed by atoms with Crippen molar-refractivity contribution in [2.45, 2.75) is 13.8 Å². The van der Waals surface area contributed by atoms with Crippen molar-refractivity contribution in [2.75, 3.05) is 0 Å². The third kappa shape index (κ3) is 0.827. The Hall–Kier alpha value is -1.31. The van der Waals surface area contributed by atoms with E-state index in [1.165, 1.54) is 16.8 Å². The minimum atomic E-state index is 1.18. The summed E-state index contributed by atoms with van der Waals surface area (Å²) >= 11 is 0. The molecule has 2 heterocycles. The van der Waals surface area contributed by atoms with E-state index in [1.54, 1.807) is 0 Å². The van der Waals surface area contributed by atoms with Crippen LogP contribution in [0.4, 0.5) is 0 Å². The Morgan fingerprint density at radius 2 is 2.09 bits per heavy atom. The summed E-state index contributed by atoms with van der Waals surface area (Å²) in [6, 6.07) is 2.10. The molecular weight excluding hydrogens is 136 g/mol. The van der Waals surface area contributed by atoms with E-state index in [4.69, 9.17) is 0 Å². The van der Waals surface area contributed by atoms with E-state index in [2.05, 4.69) is 35.5 Å². The lowest BCUT2D eigenvalue weighted by Gasteiger charge is -1.98. The smallest absolute Gasteiger partial charge is 0.0665 e. The van der Waals surface area contributed by atoms with Gasteiger partial charge in [0.25, 0.3) is 0 Å². The topological polar surface area (TPSA) is 17.3 Å². The molecule has 0 saturated heterocycles. The van der Waals surface area contributed by atoms with Crippen molar-refractivity contribution in [3.05, 3.63) is 35.9 Å². The Balaban J connectivity index is 2.94. The summed E-state index contributed by atoms with van der Waals surface area (Å²) < 4.78 is 2.14. The van der Waals surface area contributed by atoms with Gasteiger partial charge < -0.3 is 4.40 Å². The third-order valence-electron chi connectivity index (χ3n) is 1.98. The first-order valence-electron chi connectivity index (χ1n) is 3.67. The molecule has 2 nitrogen and oxygen atoms in total. The molecule has 0 spiro atoms. The van der Waals surface area contributed by atoms with E-state index in [0.29, 0.717) is 0 Å². The highest BCUT2D eigenvalue weighted by molar-refractivity contribution is 5.53. The van der Waals surface area contributed by atoms with Gasteiger partial charge in [-0.2, -0.15) is 0 Å². The van der Waals surface area contributed by atoms with Gasteiger partial charge in [-0.25, -0.2) is 0 Å². The Labute approximate surface area is 65.5 Å². The molecule has 0 unspecified atom stereocenters. The van der Waals surface area contributed by atoms with E-state index in [1.807, 2.05) is 12.4 Å². The number of rotatable bonds is 0. The first kappa shape index (κ1) is 6.40. The third-order valence-corrected chi connectivity index (χ3v) is 1.98. The fourth-order valence-corrected chi connectivity index (χ4v) is 1.29. The Kier molecular flexibility index (Phi) is 1.22. The molecule has 0 radical (unpaired) electrons. The molecule has 0 fully saturated rings. The highest BCUT2D eigenvalue weighted by atomic mass is 14.9. The summed E-state index contributed by atoms with van der Waals surface area (Å²) in [5.41, 5.74) is 3.65. The minimum Gasteiger partial charge on any atom is -0.318 e. The minimum absolute atomic E-state index is 1.18. The molecule has 0 aliphatic heterocycles. The molecule has 0 aliphatic rings. The molecule has 2 aromatic rings. The van der Waals surface area contributed by atoms with E-state index >= 15 is 0 Å². The van der Waals surface area contributed by atoms with Crippen LogP contribution in [0.15, 0.2) is 24.7 Å². The van der Waals surface area contributed by atoms with Gasteiger partial charge in [-0.15, -0.1) is 0 Å². The zero-order valence-corrected chi connectivity index (χ0v) is 6.70. The quantitative estimate of drug-likeness (QED) is 0.555. The molecule has 2 heteroatoms. The number of aromatic nitrogens is 2. The van der Waals surface area contributed by atoms with Gasteiger partial charge in [-0.3, -0.25) is 4.98 Å². The fraction of sp³-hybridized carbons (Fsp3) is 0.222. The summed E-state index contributed by atoms with van der Waals surface area (Å²) in [4.78, 5) is 4.12. The number of nitrogens with zero attached hydrogens (tertiary/aromatic N) is 2. The predicted molar refractivity (Wildman–Crippen MR) is 44.7 cm³/mol. The Morgan fingerprint density at radius 1 is 1.27 bits per heavy atom. The van der Waals surface area contributed by atoms with Crippen LogP contribution in [0.25, 0.3) is 5.52 Å². The molecule has 0 bridgehead atoms. The van der Waals surface area contributed by atoms with Crippen LogP contribution in [0.3, 0.4) is 0 Å². The van der Waals surface area contributed by atoms with Crippen LogP contribution in [0.5, 0.6) is 0 Å².